The highest BCUT2D eigenvalue weighted by molar-refractivity contribution is 5.62. The largest absolute Gasteiger partial charge is 0.495 e. The Balaban J connectivity index is 2.97. The third-order valence-electron chi connectivity index (χ3n) is 2.85. The molecule has 0 saturated heterocycles. The van der Waals surface area contributed by atoms with Crippen molar-refractivity contribution in [2.75, 3.05) is 19.5 Å². The van der Waals surface area contributed by atoms with E-state index in [1.165, 1.54) is 19.2 Å². The van der Waals surface area contributed by atoms with Crippen LogP contribution in [0.3, 0.4) is 0 Å². The second-order valence-corrected chi connectivity index (χ2v) is 4.02. The Bertz CT molecular complexity index is 423. The number of rotatable bonds is 6. The summed E-state index contributed by atoms with van der Waals surface area (Å²) in [7, 11) is 3.14. The molecule has 1 N–H and O–H groups in total. The van der Waals surface area contributed by atoms with Crippen LogP contribution in [0.1, 0.15) is 13.8 Å². The van der Waals surface area contributed by atoms with E-state index < -0.39 is 4.92 Å². The Morgan fingerprint density at radius 3 is 2.50 bits per heavy atom. The maximum atomic E-state index is 10.7. The highest BCUT2D eigenvalue weighted by Gasteiger charge is 2.16. The SMILES string of the molecule is COc1ccc([N+](=O)[O-])cc1NC(C)C(C)OC. The predicted octanol–water partition coefficient (Wildman–Crippen LogP) is 2.44. The Labute approximate surface area is 106 Å². The van der Waals surface area contributed by atoms with E-state index in [2.05, 4.69) is 5.32 Å². The minimum absolute atomic E-state index is 0.00547. The minimum atomic E-state index is -0.435. The Kier molecular flexibility index (Phi) is 4.91. The molecule has 6 heteroatoms. The molecule has 1 rings (SSSR count). The normalized spacial score (nSPS) is 13.8. The standard InChI is InChI=1S/C12H18N2O4/c1-8(9(2)17-3)13-11-7-10(14(15)16)5-6-12(11)18-4/h5-9,13H,1-4H3. The average Bonchev–Trinajstić information content (AvgIpc) is 2.37. The molecular formula is C12H18N2O4. The van der Waals surface area contributed by atoms with Gasteiger partial charge in [0, 0.05) is 25.3 Å². The molecule has 0 aliphatic rings. The van der Waals surface area contributed by atoms with Crippen molar-refractivity contribution in [2.45, 2.75) is 26.0 Å². The van der Waals surface area contributed by atoms with Gasteiger partial charge in [0.05, 0.1) is 23.8 Å². The zero-order valence-corrected chi connectivity index (χ0v) is 11.0. The number of nitrogens with zero attached hydrogens (tertiary/aromatic N) is 1. The number of non-ortho nitro benzene ring substituents is 1. The Morgan fingerprint density at radius 2 is 2.00 bits per heavy atom. The molecule has 0 fully saturated rings. The monoisotopic (exact) mass is 254 g/mol. The number of nitrogens with one attached hydrogen (secondary N) is 1. The summed E-state index contributed by atoms with van der Waals surface area (Å²) in [4.78, 5) is 10.3. The van der Waals surface area contributed by atoms with Gasteiger partial charge in [0.25, 0.3) is 5.69 Å². The molecule has 0 spiro atoms. The molecule has 0 aromatic heterocycles. The fourth-order valence-electron chi connectivity index (χ4n) is 1.49. The van der Waals surface area contributed by atoms with Crippen LogP contribution in [0.25, 0.3) is 0 Å². The molecule has 6 nitrogen and oxygen atoms in total. The summed E-state index contributed by atoms with van der Waals surface area (Å²) in [6.07, 6.45) is -0.0195. The van der Waals surface area contributed by atoms with Crippen LogP contribution in [0.2, 0.25) is 0 Å². The van der Waals surface area contributed by atoms with Gasteiger partial charge in [0.2, 0.25) is 0 Å². The lowest BCUT2D eigenvalue weighted by atomic mass is 10.2. The number of anilines is 1. The van der Waals surface area contributed by atoms with Crippen molar-refractivity contribution in [1.82, 2.24) is 0 Å². The first-order valence-electron chi connectivity index (χ1n) is 5.61. The first-order chi connectivity index (χ1) is 8.49. The molecule has 2 atom stereocenters. The van der Waals surface area contributed by atoms with Crippen LogP contribution in [0, 0.1) is 10.1 Å². The Morgan fingerprint density at radius 1 is 1.33 bits per heavy atom. The predicted molar refractivity (Wildman–Crippen MR) is 69.2 cm³/mol. The molecule has 0 amide bonds. The van der Waals surface area contributed by atoms with Crippen molar-refractivity contribution in [2.24, 2.45) is 0 Å². The topological polar surface area (TPSA) is 73.6 Å². The summed E-state index contributed by atoms with van der Waals surface area (Å²) >= 11 is 0. The van der Waals surface area contributed by atoms with Gasteiger partial charge in [-0.3, -0.25) is 10.1 Å². The molecule has 18 heavy (non-hydrogen) atoms. The molecule has 1 aromatic carbocycles. The molecule has 100 valence electrons. The molecular weight excluding hydrogens is 236 g/mol. The van der Waals surface area contributed by atoms with Crippen molar-refractivity contribution in [3.63, 3.8) is 0 Å². The van der Waals surface area contributed by atoms with Gasteiger partial charge >= 0.3 is 0 Å². The number of benzene rings is 1. The third kappa shape index (κ3) is 3.33. The van der Waals surface area contributed by atoms with Crippen LogP contribution in [0.15, 0.2) is 18.2 Å². The van der Waals surface area contributed by atoms with E-state index in [1.54, 1.807) is 13.2 Å². The lowest BCUT2D eigenvalue weighted by Gasteiger charge is -2.22. The van der Waals surface area contributed by atoms with E-state index in [4.69, 9.17) is 9.47 Å². The lowest BCUT2D eigenvalue weighted by molar-refractivity contribution is -0.384. The van der Waals surface area contributed by atoms with Crippen molar-refractivity contribution >= 4 is 11.4 Å². The van der Waals surface area contributed by atoms with Gasteiger partial charge < -0.3 is 14.8 Å². The van der Waals surface area contributed by atoms with Gasteiger partial charge in [-0.15, -0.1) is 0 Å². The maximum absolute atomic E-state index is 10.7. The summed E-state index contributed by atoms with van der Waals surface area (Å²) in [5.41, 5.74) is 0.610. The van der Waals surface area contributed by atoms with E-state index in [1.807, 2.05) is 13.8 Å². The van der Waals surface area contributed by atoms with Gasteiger partial charge in [-0.05, 0) is 19.9 Å². The van der Waals surface area contributed by atoms with Crippen LogP contribution in [0.4, 0.5) is 11.4 Å². The van der Waals surface area contributed by atoms with Crippen LogP contribution in [-0.2, 0) is 4.74 Å². The van der Waals surface area contributed by atoms with Gasteiger partial charge in [0.1, 0.15) is 5.75 Å². The van der Waals surface area contributed by atoms with E-state index in [0.717, 1.165) is 0 Å². The number of hydrogen-bond donors (Lipinski definition) is 1. The van der Waals surface area contributed by atoms with Crippen molar-refractivity contribution in [3.05, 3.63) is 28.3 Å². The number of hydrogen-bond acceptors (Lipinski definition) is 5. The summed E-state index contributed by atoms with van der Waals surface area (Å²) in [6.45, 7) is 3.86. The van der Waals surface area contributed by atoms with Gasteiger partial charge in [0.15, 0.2) is 0 Å². The first-order valence-corrected chi connectivity index (χ1v) is 5.61. The maximum Gasteiger partial charge on any atom is 0.271 e. The summed E-state index contributed by atoms with van der Waals surface area (Å²) in [6, 6.07) is 4.45. The van der Waals surface area contributed by atoms with E-state index >= 15 is 0 Å². The molecule has 0 bridgehead atoms. The molecule has 0 radical (unpaired) electrons. The van der Waals surface area contributed by atoms with E-state index in [0.29, 0.717) is 11.4 Å². The lowest BCUT2D eigenvalue weighted by Crippen LogP contribution is -2.29. The second-order valence-electron chi connectivity index (χ2n) is 4.02. The fourth-order valence-corrected chi connectivity index (χ4v) is 1.49. The number of nitro benzene ring substituents is 1. The molecule has 0 aliphatic carbocycles. The second kappa shape index (κ2) is 6.20. The van der Waals surface area contributed by atoms with Crippen LogP contribution < -0.4 is 10.1 Å². The molecule has 0 heterocycles. The summed E-state index contributed by atoms with van der Waals surface area (Å²) < 4.78 is 10.4. The summed E-state index contributed by atoms with van der Waals surface area (Å²) in [5, 5.41) is 13.9. The van der Waals surface area contributed by atoms with Crippen molar-refractivity contribution < 1.29 is 14.4 Å². The fraction of sp³-hybridized carbons (Fsp3) is 0.500. The molecule has 1 aromatic rings. The number of ether oxygens (including phenoxy) is 2. The van der Waals surface area contributed by atoms with E-state index in [-0.39, 0.29) is 17.8 Å². The first kappa shape index (κ1) is 14.2. The molecule has 0 saturated carbocycles. The van der Waals surface area contributed by atoms with Crippen LogP contribution in [0.5, 0.6) is 5.75 Å². The molecule has 2 unspecified atom stereocenters. The summed E-state index contributed by atoms with van der Waals surface area (Å²) in [5.74, 6) is 0.566. The van der Waals surface area contributed by atoms with Gasteiger partial charge in [-0.2, -0.15) is 0 Å². The van der Waals surface area contributed by atoms with Crippen molar-refractivity contribution in [1.29, 1.82) is 0 Å². The smallest absolute Gasteiger partial charge is 0.271 e. The number of methoxy groups -OCH3 is 2. The van der Waals surface area contributed by atoms with Gasteiger partial charge in [-0.25, -0.2) is 0 Å². The van der Waals surface area contributed by atoms with Crippen LogP contribution >= 0.6 is 0 Å². The molecule has 0 aliphatic heterocycles. The van der Waals surface area contributed by atoms with Crippen LogP contribution in [-0.4, -0.2) is 31.3 Å². The quantitative estimate of drug-likeness (QED) is 0.623. The minimum Gasteiger partial charge on any atom is -0.495 e. The third-order valence-corrected chi connectivity index (χ3v) is 2.85. The zero-order chi connectivity index (χ0) is 13.7. The number of nitro groups is 1. The average molecular weight is 254 g/mol. The van der Waals surface area contributed by atoms with Gasteiger partial charge in [-0.1, -0.05) is 0 Å². The zero-order valence-electron chi connectivity index (χ0n) is 11.0. The van der Waals surface area contributed by atoms with E-state index in [9.17, 15) is 10.1 Å². The highest BCUT2D eigenvalue weighted by atomic mass is 16.6. The highest BCUT2D eigenvalue weighted by Crippen LogP contribution is 2.29. The van der Waals surface area contributed by atoms with Crippen molar-refractivity contribution in [3.8, 4) is 5.75 Å². The Hall–Kier alpha value is -1.82.